The molecule has 0 aliphatic heterocycles. The number of nitrogens with zero attached hydrogens (tertiary/aromatic N) is 1. The summed E-state index contributed by atoms with van der Waals surface area (Å²) in [6, 6.07) is 14.6. The molecule has 3 rings (SSSR count). The fourth-order valence-corrected chi connectivity index (χ4v) is 3.12. The Morgan fingerprint density at radius 2 is 1.90 bits per heavy atom. The van der Waals surface area contributed by atoms with Crippen molar-refractivity contribution < 1.29 is 24.2 Å². The van der Waals surface area contributed by atoms with Crippen molar-refractivity contribution in [3.8, 4) is 17.2 Å². The number of ether oxygens (including phenoxy) is 2. The highest BCUT2D eigenvalue weighted by Gasteiger charge is 2.14. The molecule has 0 amide bonds. The fourth-order valence-electron chi connectivity index (χ4n) is 3.12. The van der Waals surface area contributed by atoms with Gasteiger partial charge in [-0.3, -0.25) is 9.78 Å². The van der Waals surface area contributed by atoms with Gasteiger partial charge in [0.05, 0.1) is 5.56 Å². The first-order valence-corrected chi connectivity index (χ1v) is 10.1. The molecule has 160 valence electrons. The summed E-state index contributed by atoms with van der Waals surface area (Å²) in [6.45, 7) is 3.76. The predicted molar refractivity (Wildman–Crippen MR) is 114 cm³/mol. The van der Waals surface area contributed by atoms with Crippen molar-refractivity contribution in [1.29, 1.82) is 0 Å². The molecular formula is C25H24NO5-. The molecule has 0 fully saturated rings. The lowest BCUT2D eigenvalue weighted by atomic mass is 10.0. The van der Waals surface area contributed by atoms with Crippen molar-refractivity contribution in [3.05, 3.63) is 83.2 Å². The predicted octanol–water partition coefficient (Wildman–Crippen LogP) is 4.04. The van der Waals surface area contributed by atoms with E-state index in [1.165, 1.54) is 6.92 Å². The number of aromatic nitrogens is 1. The van der Waals surface area contributed by atoms with E-state index in [9.17, 15) is 14.7 Å². The lowest BCUT2D eigenvalue weighted by Gasteiger charge is -2.16. The fraction of sp³-hybridized carbons (Fsp3) is 0.240. The molecule has 2 aromatic carbocycles. The molecule has 0 spiro atoms. The number of carbonyl (C=O) groups excluding carboxylic acids is 2. The number of carboxylic acid groups (broad SMARTS) is 1. The van der Waals surface area contributed by atoms with E-state index in [2.05, 4.69) is 4.98 Å². The molecule has 1 heterocycles. The second kappa shape index (κ2) is 10.4. The van der Waals surface area contributed by atoms with Gasteiger partial charge in [0.2, 0.25) is 0 Å². The molecule has 3 aromatic rings. The summed E-state index contributed by atoms with van der Waals surface area (Å²) in [4.78, 5) is 27.0. The van der Waals surface area contributed by atoms with E-state index < -0.39 is 5.97 Å². The minimum atomic E-state index is -1.08. The molecule has 0 aliphatic carbocycles. The zero-order valence-electron chi connectivity index (χ0n) is 17.6. The number of pyridine rings is 1. The summed E-state index contributed by atoms with van der Waals surface area (Å²) in [5, 5.41) is 10.7. The van der Waals surface area contributed by atoms with Crippen LogP contribution in [0.5, 0.6) is 17.2 Å². The van der Waals surface area contributed by atoms with Crippen LogP contribution in [0.4, 0.5) is 0 Å². The molecule has 0 saturated carbocycles. The van der Waals surface area contributed by atoms with Gasteiger partial charge in [-0.15, -0.1) is 0 Å². The third-order valence-corrected chi connectivity index (χ3v) is 4.73. The summed E-state index contributed by atoms with van der Waals surface area (Å²) in [7, 11) is 0. The minimum Gasteiger partial charge on any atom is -0.550 e. The molecular weight excluding hydrogens is 394 g/mol. The first-order valence-electron chi connectivity index (χ1n) is 10.1. The molecule has 31 heavy (non-hydrogen) atoms. The van der Waals surface area contributed by atoms with Crippen LogP contribution in [0, 0.1) is 6.92 Å². The molecule has 0 bridgehead atoms. The zero-order chi connectivity index (χ0) is 22.2. The quantitative estimate of drug-likeness (QED) is 0.462. The Balaban J connectivity index is 1.84. The Labute approximate surface area is 181 Å². The number of benzene rings is 2. The highest BCUT2D eigenvalue weighted by Crippen LogP contribution is 2.33. The number of aryl methyl sites for hydroxylation is 2. The van der Waals surface area contributed by atoms with Crippen LogP contribution in [0.15, 0.2) is 60.9 Å². The molecule has 1 aromatic heterocycles. The van der Waals surface area contributed by atoms with Gasteiger partial charge in [0.15, 0.2) is 5.78 Å². The summed E-state index contributed by atoms with van der Waals surface area (Å²) < 4.78 is 12.0. The SMILES string of the molecule is CC(=O)c1ccc(OCc2cccnc2)cc1Oc1cc(C)ccc1CCCC(=O)[O-]. The average Bonchev–Trinajstić information content (AvgIpc) is 2.74. The van der Waals surface area contributed by atoms with E-state index in [0.717, 1.165) is 16.7 Å². The van der Waals surface area contributed by atoms with Crippen LogP contribution in [-0.2, 0) is 17.8 Å². The van der Waals surface area contributed by atoms with Crippen LogP contribution < -0.4 is 14.6 Å². The van der Waals surface area contributed by atoms with Crippen LogP contribution in [-0.4, -0.2) is 16.7 Å². The van der Waals surface area contributed by atoms with Gasteiger partial charge in [-0.05, 0) is 68.5 Å². The smallest absolute Gasteiger partial charge is 0.163 e. The van der Waals surface area contributed by atoms with Crippen molar-refractivity contribution in [3.63, 3.8) is 0 Å². The normalized spacial score (nSPS) is 10.5. The summed E-state index contributed by atoms with van der Waals surface area (Å²) in [5.74, 6) is 0.343. The summed E-state index contributed by atoms with van der Waals surface area (Å²) in [5.41, 5.74) is 3.22. The first-order chi connectivity index (χ1) is 14.9. The van der Waals surface area contributed by atoms with Crippen molar-refractivity contribution in [2.45, 2.75) is 39.7 Å². The van der Waals surface area contributed by atoms with Crippen LogP contribution in [0.2, 0.25) is 0 Å². The maximum absolute atomic E-state index is 12.1. The van der Waals surface area contributed by atoms with Crippen molar-refractivity contribution in [2.24, 2.45) is 0 Å². The highest BCUT2D eigenvalue weighted by atomic mass is 16.5. The van der Waals surface area contributed by atoms with Crippen LogP contribution in [0.1, 0.15) is 46.8 Å². The molecule has 0 saturated heterocycles. The number of hydrogen-bond acceptors (Lipinski definition) is 6. The van der Waals surface area contributed by atoms with Crippen LogP contribution in [0.3, 0.4) is 0 Å². The number of ketones is 1. The number of aliphatic carboxylic acids is 1. The van der Waals surface area contributed by atoms with Crippen LogP contribution in [0.25, 0.3) is 0 Å². The monoisotopic (exact) mass is 418 g/mol. The first kappa shape index (κ1) is 22.0. The van der Waals surface area contributed by atoms with Crippen molar-refractivity contribution >= 4 is 11.8 Å². The Kier molecular flexibility index (Phi) is 7.38. The third kappa shape index (κ3) is 6.40. The molecule has 0 N–H and O–H groups in total. The summed E-state index contributed by atoms with van der Waals surface area (Å²) >= 11 is 0. The number of Topliss-reactive ketones (excluding diaryl/α,β-unsaturated/α-hetero) is 1. The van der Waals surface area contributed by atoms with Crippen molar-refractivity contribution in [1.82, 2.24) is 4.98 Å². The molecule has 0 radical (unpaired) electrons. The standard InChI is InChI=1S/C25H25NO5/c1-17-8-9-20(6-3-7-25(28)29)23(13-17)31-24-14-21(10-11-22(24)18(2)27)30-16-19-5-4-12-26-15-19/h4-5,8-15H,3,6-7,16H2,1-2H3,(H,28,29)/p-1. The second-order valence-electron chi connectivity index (χ2n) is 7.30. The lowest BCUT2D eigenvalue weighted by Crippen LogP contribution is -2.21. The molecule has 6 heteroatoms. The molecule has 0 unspecified atom stereocenters. The largest absolute Gasteiger partial charge is 0.550 e. The van der Waals surface area contributed by atoms with Gasteiger partial charge in [-0.1, -0.05) is 18.2 Å². The van der Waals surface area contributed by atoms with Gasteiger partial charge < -0.3 is 19.4 Å². The minimum absolute atomic E-state index is 0.0241. The van der Waals surface area contributed by atoms with E-state index in [-0.39, 0.29) is 12.2 Å². The molecule has 0 atom stereocenters. The Hall–Kier alpha value is -3.67. The van der Waals surface area contributed by atoms with E-state index >= 15 is 0 Å². The van der Waals surface area contributed by atoms with Crippen molar-refractivity contribution in [2.75, 3.05) is 0 Å². The van der Waals surface area contributed by atoms with E-state index in [4.69, 9.17) is 9.47 Å². The topological polar surface area (TPSA) is 88.6 Å². The zero-order valence-corrected chi connectivity index (χ0v) is 17.6. The number of carboxylic acids is 1. The average molecular weight is 418 g/mol. The number of rotatable bonds is 10. The third-order valence-electron chi connectivity index (χ3n) is 4.73. The Bertz CT molecular complexity index is 1060. The second-order valence-corrected chi connectivity index (χ2v) is 7.30. The number of carbonyl (C=O) groups is 2. The highest BCUT2D eigenvalue weighted by molar-refractivity contribution is 5.97. The lowest BCUT2D eigenvalue weighted by molar-refractivity contribution is -0.305. The summed E-state index contributed by atoms with van der Waals surface area (Å²) in [6.07, 6.45) is 4.37. The van der Waals surface area contributed by atoms with Crippen LogP contribution >= 0.6 is 0 Å². The van der Waals surface area contributed by atoms with Gasteiger partial charge in [0.1, 0.15) is 23.9 Å². The molecule has 0 aliphatic rings. The van der Waals surface area contributed by atoms with Gasteiger partial charge in [0, 0.05) is 30.0 Å². The van der Waals surface area contributed by atoms with E-state index in [0.29, 0.717) is 42.3 Å². The van der Waals surface area contributed by atoms with Gasteiger partial charge in [-0.25, -0.2) is 0 Å². The number of hydrogen-bond donors (Lipinski definition) is 0. The Morgan fingerprint density at radius 3 is 2.61 bits per heavy atom. The van der Waals surface area contributed by atoms with Gasteiger partial charge in [0.25, 0.3) is 0 Å². The van der Waals surface area contributed by atoms with E-state index in [1.54, 1.807) is 30.6 Å². The maximum Gasteiger partial charge on any atom is 0.163 e. The maximum atomic E-state index is 12.1. The van der Waals surface area contributed by atoms with E-state index in [1.807, 2.05) is 37.3 Å². The van der Waals surface area contributed by atoms with Gasteiger partial charge in [-0.2, -0.15) is 0 Å². The Morgan fingerprint density at radius 1 is 1.06 bits per heavy atom. The molecule has 6 nitrogen and oxygen atoms in total. The van der Waals surface area contributed by atoms with Gasteiger partial charge >= 0.3 is 0 Å².